The van der Waals surface area contributed by atoms with Crippen LogP contribution in [0.5, 0.6) is 0 Å². The van der Waals surface area contributed by atoms with Crippen LogP contribution in [0.3, 0.4) is 0 Å². The number of aryl methyl sites for hydroxylation is 1. The Morgan fingerprint density at radius 3 is 2.40 bits per heavy atom. The fraction of sp³-hybridized carbons (Fsp3) is 0.660. The second-order valence-corrected chi connectivity index (χ2v) is 20.9. The van der Waals surface area contributed by atoms with Crippen LogP contribution in [0, 0.1) is 24.7 Å². The number of carboxylic acid groups (broad SMARTS) is 1. The zero-order chi connectivity index (χ0) is 49.6. The number of likely N-dealkylation sites (tertiary alicyclic amines) is 1. The third kappa shape index (κ3) is 19.3. The van der Waals surface area contributed by atoms with Crippen LogP contribution in [0.4, 0.5) is 0 Å². The molecule has 4 rings (SSSR count). The maximum absolute atomic E-state index is 12.7. The third-order valence-corrected chi connectivity index (χ3v) is 15.2. The summed E-state index contributed by atoms with van der Waals surface area (Å²) in [5.41, 5.74) is 2.70. The predicted molar refractivity (Wildman–Crippen MR) is 263 cm³/mol. The number of aliphatic hydroxyl groups excluding tert-OH is 1. The Hall–Kier alpha value is -3.79. The number of allylic oxidation sites excluding steroid dienone is 6. The molecule has 1 amide bonds. The first-order valence-electron chi connectivity index (χ1n) is 24.7. The Morgan fingerprint density at radius 1 is 0.955 bits per heavy atom. The summed E-state index contributed by atoms with van der Waals surface area (Å²) < 4.78 is 38.8. The van der Waals surface area contributed by atoms with Gasteiger partial charge >= 0.3 is 5.97 Å². The predicted octanol–water partition coefficient (Wildman–Crippen LogP) is 9.11. The van der Waals surface area contributed by atoms with Crippen molar-refractivity contribution in [1.29, 1.82) is 0 Å². The second-order valence-electron chi connectivity index (χ2n) is 19.1. The molecule has 2 heterocycles. The number of benzene rings is 1. The van der Waals surface area contributed by atoms with Gasteiger partial charge < -0.3 is 29.7 Å². The summed E-state index contributed by atoms with van der Waals surface area (Å²) in [6, 6.07) is 5.52. The van der Waals surface area contributed by atoms with Gasteiger partial charge in [-0.3, -0.25) is 14.4 Å². The number of hydrogen-bond acceptors (Lipinski definition) is 10. The summed E-state index contributed by atoms with van der Waals surface area (Å²) in [5.74, 6) is -4.93. The molecule has 2 aliphatic heterocycles. The molecule has 0 bridgehead atoms. The van der Waals surface area contributed by atoms with Crippen LogP contribution in [0.25, 0.3) is 0 Å². The van der Waals surface area contributed by atoms with Crippen molar-refractivity contribution >= 4 is 33.5 Å². The quantitative estimate of drug-likeness (QED) is 0.0334. The highest BCUT2D eigenvalue weighted by Gasteiger charge is 2.50. The number of carbonyl (C=O) groups excluding carboxylic acids is 3. The molecule has 376 valence electrons. The maximum atomic E-state index is 12.7. The highest BCUT2D eigenvalue weighted by molar-refractivity contribution is 7.89. The first kappa shape index (κ1) is 57.5. The Balaban J connectivity index is 0.000000469. The van der Waals surface area contributed by atoms with Crippen molar-refractivity contribution in [2.45, 2.75) is 192 Å². The first-order valence-corrected chi connectivity index (χ1v) is 26.2. The Morgan fingerprint density at radius 2 is 1.70 bits per heavy atom. The number of aliphatic carboxylic acids is 1. The third-order valence-electron chi connectivity index (χ3n) is 13.7. The van der Waals surface area contributed by atoms with E-state index >= 15 is 0 Å². The van der Waals surface area contributed by atoms with Crippen molar-refractivity contribution in [3.05, 3.63) is 77.4 Å². The average Bonchev–Trinajstić information content (AvgIpc) is 3.31. The first-order chi connectivity index (χ1) is 31.8. The van der Waals surface area contributed by atoms with Crippen molar-refractivity contribution in [2.75, 3.05) is 20.3 Å². The number of hydrogen-bond donors (Lipinski definition) is 4. The Labute approximate surface area is 401 Å². The minimum atomic E-state index is -3.59. The normalized spacial score (nSPS) is 24.5. The number of nitrogens with zero attached hydrogens (tertiary/aromatic N) is 1. The van der Waals surface area contributed by atoms with Gasteiger partial charge in [0.05, 0.1) is 23.7 Å². The number of carboxylic acids is 1. The minimum Gasteiger partial charge on any atom is -0.480 e. The number of ketones is 2. The van der Waals surface area contributed by atoms with Crippen LogP contribution >= 0.6 is 0 Å². The summed E-state index contributed by atoms with van der Waals surface area (Å²) in [5, 5.41) is 30.1. The van der Waals surface area contributed by atoms with E-state index in [9.17, 15) is 37.8 Å². The average molecular weight is 955 g/mol. The fourth-order valence-electron chi connectivity index (χ4n) is 8.90. The molecule has 0 spiro atoms. The number of methoxy groups -OCH3 is 1. The number of aliphatic hydroxyl groups is 2. The smallest absolute Gasteiger partial charge is 0.326 e. The molecule has 8 unspecified atom stereocenters. The SMILES string of the molecule is CC1CCCOC1(O)C(=O)C(=O)N1CCCCC1C(=O)O.COC1CCCC(CCCCCC/C=C(\C)C(O)CC(=O)C(C)CC/C=C/C=C/C=C(\C)C(C)NS(=O)(=O)c2cccc(C)c2)C1. The number of piperidine rings is 1. The van der Waals surface area contributed by atoms with E-state index in [1.54, 1.807) is 25.1 Å². The van der Waals surface area contributed by atoms with Gasteiger partial charge in [0.2, 0.25) is 15.8 Å². The van der Waals surface area contributed by atoms with Gasteiger partial charge in [-0.05, 0) is 128 Å². The largest absolute Gasteiger partial charge is 0.480 e. The van der Waals surface area contributed by atoms with Gasteiger partial charge in [-0.1, -0.05) is 107 Å². The highest BCUT2D eigenvalue weighted by atomic mass is 32.2. The summed E-state index contributed by atoms with van der Waals surface area (Å²) in [4.78, 5) is 49.9. The molecular formula is C53H82N2O11S. The van der Waals surface area contributed by atoms with E-state index in [1.165, 1.54) is 51.4 Å². The molecule has 0 radical (unpaired) electrons. The monoisotopic (exact) mass is 955 g/mol. The lowest BCUT2D eigenvalue weighted by Gasteiger charge is -2.38. The molecule has 14 heteroatoms. The number of nitrogens with one attached hydrogen (secondary N) is 1. The summed E-state index contributed by atoms with van der Waals surface area (Å²) >= 11 is 0. The molecule has 1 aliphatic carbocycles. The molecular weight excluding hydrogens is 873 g/mol. The zero-order valence-electron chi connectivity index (χ0n) is 41.4. The Kier molecular flexibility index (Phi) is 25.1. The van der Waals surface area contributed by atoms with Gasteiger partial charge in [0.25, 0.3) is 11.7 Å². The van der Waals surface area contributed by atoms with Crippen LogP contribution in [-0.2, 0) is 38.7 Å². The molecule has 1 aromatic carbocycles. The summed E-state index contributed by atoms with van der Waals surface area (Å²) in [6.07, 6.45) is 28.5. The van der Waals surface area contributed by atoms with Crippen LogP contribution in [0.2, 0.25) is 0 Å². The van der Waals surface area contributed by atoms with Crippen molar-refractivity contribution in [3.63, 3.8) is 0 Å². The number of rotatable bonds is 24. The van der Waals surface area contributed by atoms with Crippen molar-refractivity contribution in [1.82, 2.24) is 9.62 Å². The molecule has 3 aliphatic rings. The van der Waals surface area contributed by atoms with E-state index in [0.717, 1.165) is 53.2 Å². The molecule has 1 aromatic rings. The number of amides is 1. The van der Waals surface area contributed by atoms with Crippen LogP contribution < -0.4 is 4.72 Å². The molecule has 13 nitrogen and oxygen atoms in total. The number of carbonyl (C=O) groups is 4. The maximum Gasteiger partial charge on any atom is 0.326 e. The zero-order valence-corrected chi connectivity index (χ0v) is 42.2. The van der Waals surface area contributed by atoms with Gasteiger partial charge in [-0.15, -0.1) is 0 Å². The van der Waals surface area contributed by atoms with E-state index in [-0.39, 0.29) is 42.2 Å². The molecule has 4 N–H and O–H groups in total. The molecule has 3 fully saturated rings. The van der Waals surface area contributed by atoms with Crippen molar-refractivity contribution < 1.29 is 52.4 Å². The van der Waals surface area contributed by atoms with E-state index in [1.807, 2.05) is 78.2 Å². The van der Waals surface area contributed by atoms with Gasteiger partial charge in [-0.25, -0.2) is 17.9 Å². The minimum absolute atomic E-state index is 0.100. The summed E-state index contributed by atoms with van der Waals surface area (Å²) in [6.45, 7) is 11.5. The molecule has 8 atom stereocenters. The lowest BCUT2D eigenvalue weighted by Crippen LogP contribution is -2.59. The molecule has 0 aromatic heterocycles. The number of Topliss-reactive ketones (excluding diaryl/α,β-unsaturated/α-hetero) is 2. The van der Waals surface area contributed by atoms with Crippen LogP contribution in [-0.4, -0.2) is 102 Å². The number of unbranched alkanes of at least 4 members (excludes halogenated alkanes) is 4. The van der Waals surface area contributed by atoms with Crippen molar-refractivity contribution in [2.24, 2.45) is 17.8 Å². The van der Waals surface area contributed by atoms with Gasteiger partial charge in [-0.2, -0.15) is 0 Å². The standard InChI is InChI=1S/C39H61NO5S.C14H21NO6/c1-30-19-17-26-37(27-30)46(43,44)40-34(5)31(2)20-13-9-7-10-14-21-32(3)38(41)29-39(42)33(4)22-15-11-8-12-16-23-35-24-18-25-36(28-35)45-6;1-9-5-4-8-21-14(9,20)11(16)12(17)15-7-3-2-6-10(15)13(18)19/h7,9-10,13,17,19-20,22,26-27,32,34-36,39-40,42H,8,11-12,14-16,18,21,23-25,28-29H2,1-6H3;9-10,20H,2-8H2,1H3,(H,18,19)/b10-7+,13-9+,31-20+,33-22+;. The number of sulfonamides is 1. The molecule has 67 heavy (non-hydrogen) atoms. The van der Waals surface area contributed by atoms with E-state index < -0.39 is 51.5 Å². The lowest BCUT2D eigenvalue weighted by molar-refractivity contribution is -0.240. The second kappa shape index (κ2) is 29.3. The topological polar surface area (TPSA) is 197 Å². The Bertz CT molecular complexity index is 1980. The van der Waals surface area contributed by atoms with Crippen LogP contribution in [0.15, 0.2) is 76.8 Å². The van der Waals surface area contributed by atoms with E-state index in [2.05, 4.69) is 10.8 Å². The fourth-order valence-corrected chi connectivity index (χ4v) is 10.3. The van der Waals surface area contributed by atoms with Crippen molar-refractivity contribution in [3.8, 4) is 0 Å². The van der Waals surface area contributed by atoms with E-state index in [4.69, 9.17) is 14.6 Å². The van der Waals surface area contributed by atoms with Gasteiger partial charge in [0.15, 0.2) is 0 Å². The van der Waals surface area contributed by atoms with Gasteiger partial charge in [0, 0.05) is 38.0 Å². The van der Waals surface area contributed by atoms with Gasteiger partial charge in [0.1, 0.15) is 11.8 Å². The van der Waals surface area contributed by atoms with Crippen LogP contribution in [0.1, 0.15) is 156 Å². The summed E-state index contributed by atoms with van der Waals surface area (Å²) in [7, 11) is -1.75. The highest BCUT2D eigenvalue weighted by Crippen LogP contribution is 2.32. The number of ether oxygens (including phenoxy) is 2. The lowest BCUT2D eigenvalue weighted by atomic mass is 9.84. The van der Waals surface area contributed by atoms with E-state index in [0.29, 0.717) is 38.2 Å². The molecule has 2 saturated heterocycles. The molecule has 1 saturated carbocycles.